The minimum absolute atomic E-state index is 0.0410. The summed E-state index contributed by atoms with van der Waals surface area (Å²) >= 11 is 0.961. The lowest BCUT2D eigenvalue weighted by Crippen LogP contribution is -2.70. The molecule has 5 amide bonds. The van der Waals surface area contributed by atoms with Gasteiger partial charge in [-0.05, 0) is 48.0 Å². The molecule has 21 heteroatoms. The lowest BCUT2D eigenvalue weighted by molar-refractivity contribution is -0.153. The molecular weight excluding hydrogens is 692 g/mol. The van der Waals surface area contributed by atoms with Gasteiger partial charge < -0.3 is 40.7 Å². The van der Waals surface area contributed by atoms with E-state index in [1.165, 1.54) is 16.4 Å². The van der Waals surface area contributed by atoms with Gasteiger partial charge in [0, 0.05) is 31.2 Å². The van der Waals surface area contributed by atoms with Crippen LogP contribution < -0.4 is 26.6 Å². The zero-order valence-electron chi connectivity index (χ0n) is 29.0. The largest absolute Gasteiger partial charge is 0.478 e. The molecule has 2 aromatic rings. The van der Waals surface area contributed by atoms with E-state index in [1.54, 1.807) is 41.5 Å². The molecule has 0 spiro atoms. The number of amides is 5. The second kappa shape index (κ2) is 15.7. The Labute approximate surface area is 296 Å². The standard InChI is InChI=1S/C30H42N10O10S/c1-28(2,3)48-26(46)31-11-7-8-19(41)32-12-16-13-33-40(38-16)14-17-20(22(42)34-17)36-23(43)21(39-50-30(9-10-30)24(44)45)18-15-51-25(35-18)37-27(47)49-29(4,5)6/h13,15,17,20H,7-12,14H2,1-6H3,(H,31,46)(H,32,41)(H,34,42)(H,36,43)(H,44,45)(H,35,37,47)/b39-21-/t17-,20+/m1/s1. The fraction of sp³-hybridized carbons (Fsp3) is 0.600. The molecule has 2 fully saturated rings. The lowest BCUT2D eigenvalue weighted by Gasteiger charge is -2.36. The zero-order chi connectivity index (χ0) is 37.6. The van der Waals surface area contributed by atoms with Gasteiger partial charge in [0.05, 0.1) is 25.3 Å². The maximum absolute atomic E-state index is 13.5. The predicted molar refractivity (Wildman–Crippen MR) is 178 cm³/mol. The van der Waals surface area contributed by atoms with Gasteiger partial charge in [0.25, 0.3) is 5.91 Å². The number of nitrogens with zero attached hydrogens (tertiary/aromatic N) is 5. The van der Waals surface area contributed by atoms with Gasteiger partial charge >= 0.3 is 18.2 Å². The van der Waals surface area contributed by atoms with Crippen LogP contribution in [-0.2, 0) is 46.6 Å². The maximum atomic E-state index is 13.5. The van der Waals surface area contributed by atoms with Gasteiger partial charge in [0.15, 0.2) is 10.8 Å². The summed E-state index contributed by atoms with van der Waals surface area (Å²) in [6.45, 7) is 10.7. The second-order valence-electron chi connectivity index (χ2n) is 13.8. The minimum Gasteiger partial charge on any atom is -0.478 e. The van der Waals surface area contributed by atoms with Crippen molar-refractivity contribution in [1.82, 2.24) is 41.2 Å². The Morgan fingerprint density at radius 2 is 1.76 bits per heavy atom. The minimum atomic E-state index is -1.57. The van der Waals surface area contributed by atoms with Gasteiger partial charge in [-0.2, -0.15) is 15.0 Å². The van der Waals surface area contributed by atoms with Crippen molar-refractivity contribution in [2.24, 2.45) is 5.16 Å². The van der Waals surface area contributed by atoms with Crippen molar-refractivity contribution in [3.63, 3.8) is 0 Å². The molecule has 3 heterocycles. The molecule has 1 aliphatic carbocycles. The van der Waals surface area contributed by atoms with Gasteiger partial charge in [0.2, 0.25) is 17.4 Å². The number of carbonyl (C=O) groups excluding carboxylic acids is 5. The van der Waals surface area contributed by atoms with Crippen LogP contribution in [0.1, 0.15) is 78.6 Å². The number of oxime groups is 1. The quantitative estimate of drug-likeness (QED) is 0.0647. The Morgan fingerprint density at radius 3 is 2.39 bits per heavy atom. The summed E-state index contributed by atoms with van der Waals surface area (Å²) in [6, 6.07) is -1.68. The average Bonchev–Trinajstić information content (AvgIpc) is 3.45. The molecule has 1 aliphatic heterocycles. The third kappa shape index (κ3) is 11.6. The van der Waals surface area contributed by atoms with E-state index in [-0.39, 0.29) is 55.6 Å². The smallest absolute Gasteiger partial charge is 0.413 e. The van der Waals surface area contributed by atoms with Gasteiger partial charge in [-0.3, -0.25) is 19.7 Å². The molecule has 0 unspecified atom stereocenters. The molecular formula is C30H42N10O10S. The van der Waals surface area contributed by atoms with Crippen LogP contribution in [0, 0.1) is 0 Å². The van der Waals surface area contributed by atoms with E-state index < -0.39 is 64.6 Å². The van der Waals surface area contributed by atoms with E-state index >= 15 is 0 Å². The van der Waals surface area contributed by atoms with Crippen molar-refractivity contribution in [3.05, 3.63) is 23.0 Å². The van der Waals surface area contributed by atoms with Gasteiger partial charge in [-0.25, -0.2) is 19.4 Å². The number of ether oxygens (including phenoxy) is 2. The number of rotatable bonds is 15. The number of hydrogen-bond donors (Lipinski definition) is 6. The first kappa shape index (κ1) is 38.5. The third-order valence-electron chi connectivity index (χ3n) is 6.93. The molecule has 2 aliphatic rings. The van der Waals surface area contributed by atoms with Crippen molar-refractivity contribution < 1.29 is 48.2 Å². The van der Waals surface area contributed by atoms with Crippen molar-refractivity contribution in [3.8, 4) is 0 Å². The van der Waals surface area contributed by atoms with E-state index in [0.29, 0.717) is 12.1 Å². The number of nitrogens with one attached hydrogen (secondary N) is 5. The van der Waals surface area contributed by atoms with Gasteiger partial charge in [-0.1, -0.05) is 5.16 Å². The van der Waals surface area contributed by atoms with Crippen LogP contribution in [0.3, 0.4) is 0 Å². The van der Waals surface area contributed by atoms with Crippen LogP contribution >= 0.6 is 11.3 Å². The topological polar surface area (TPSA) is 266 Å². The third-order valence-corrected chi connectivity index (χ3v) is 7.69. The normalized spacial score (nSPS) is 18.0. The highest BCUT2D eigenvalue weighted by Crippen LogP contribution is 2.40. The summed E-state index contributed by atoms with van der Waals surface area (Å²) in [5, 5.41) is 36.3. The first-order chi connectivity index (χ1) is 23.8. The molecule has 6 N–H and O–H groups in total. The van der Waals surface area contributed by atoms with E-state index in [4.69, 9.17) is 14.3 Å². The van der Waals surface area contributed by atoms with Crippen LogP contribution in [0.15, 0.2) is 16.7 Å². The molecule has 1 saturated carbocycles. The van der Waals surface area contributed by atoms with Crippen LogP contribution in [0.4, 0.5) is 14.7 Å². The predicted octanol–water partition coefficient (Wildman–Crippen LogP) is 1.02. The molecule has 0 bridgehead atoms. The van der Waals surface area contributed by atoms with Crippen molar-refractivity contribution in [2.75, 3.05) is 11.9 Å². The SMILES string of the molecule is CC(C)(C)OC(=O)NCCCC(=O)NCc1cnn(C[C@H]2NC(=O)[C@H]2NC(=O)/C(=N\OC2(C(=O)O)CC2)c2csc(NC(=O)OC(C)(C)C)n2)n1. The Morgan fingerprint density at radius 1 is 1.08 bits per heavy atom. The summed E-state index contributed by atoms with van der Waals surface area (Å²) in [5.74, 6) is -2.87. The summed E-state index contributed by atoms with van der Waals surface area (Å²) in [6.07, 6.45) is 1.05. The number of carboxylic acid groups (broad SMARTS) is 1. The number of carbonyl (C=O) groups is 6. The molecule has 20 nitrogen and oxygen atoms in total. The molecule has 2 atom stereocenters. The summed E-state index contributed by atoms with van der Waals surface area (Å²) in [5.41, 5.74) is -2.97. The second-order valence-corrected chi connectivity index (χ2v) is 14.6. The average molecular weight is 735 g/mol. The monoisotopic (exact) mass is 734 g/mol. The molecule has 51 heavy (non-hydrogen) atoms. The number of alkyl carbamates (subject to hydrolysis) is 1. The van der Waals surface area contributed by atoms with Crippen LogP contribution in [0.5, 0.6) is 0 Å². The first-order valence-electron chi connectivity index (χ1n) is 16.0. The number of hydrogen-bond acceptors (Lipinski definition) is 14. The van der Waals surface area contributed by atoms with E-state index in [0.717, 1.165) is 11.3 Å². The Hall–Kier alpha value is -5.34. The van der Waals surface area contributed by atoms with Crippen LogP contribution in [-0.4, -0.2) is 102 Å². The molecule has 1 saturated heterocycles. The lowest BCUT2D eigenvalue weighted by atomic mass is 9.98. The van der Waals surface area contributed by atoms with E-state index in [2.05, 4.69) is 46.9 Å². The Kier molecular flexibility index (Phi) is 11.8. The summed E-state index contributed by atoms with van der Waals surface area (Å²) < 4.78 is 10.4. The number of thiazole rings is 1. The highest BCUT2D eigenvalue weighted by atomic mass is 32.1. The molecule has 2 aromatic heterocycles. The number of aromatic nitrogens is 4. The molecule has 4 rings (SSSR count). The molecule has 278 valence electrons. The highest BCUT2D eigenvalue weighted by molar-refractivity contribution is 7.14. The molecule has 0 aromatic carbocycles. The number of aliphatic carboxylic acids is 1. The van der Waals surface area contributed by atoms with E-state index in [9.17, 15) is 33.9 Å². The number of carboxylic acids is 1. The summed E-state index contributed by atoms with van der Waals surface area (Å²) in [7, 11) is 0. The van der Waals surface area contributed by atoms with Crippen molar-refractivity contribution >= 4 is 58.1 Å². The van der Waals surface area contributed by atoms with Crippen LogP contribution in [0.25, 0.3) is 0 Å². The van der Waals surface area contributed by atoms with Gasteiger partial charge in [-0.15, -0.1) is 11.3 Å². The van der Waals surface area contributed by atoms with Crippen molar-refractivity contribution in [1.29, 1.82) is 0 Å². The first-order valence-corrected chi connectivity index (χ1v) is 16.9. The summed E-state index contributed by atoms with van der Waals surface area (Å²) in [4.78, 5) is 84.5. The number of β-lactam (4-membered cyclic amide) rings is 1. The number of anilines is 1. The fourth-order valence-corrected chi connectivity index (χ4v) is 4.99. The Balaban J connectivity index is 1.31. The Bertz CT molecular complexity index is 1670. The zero-order valence-corrected chi connectivity index (χ0v) is 29.8. The maximum Gasteiger partial charge on any atom is 0.413 e. The van der Waals surface area contributed by atoms with Crippen molar-refractivity contribution in [2.45, 2.75) is 109 Å². The fourth-order valence-electron chi connectivity index (χ4n) is 4.30. The highest BCUT2D eigenvalue weighted by Gasteiger charge is 2.55. The van der Waals surface area contributed by atoms with Gasteiger partial charge in [0.1, 0.15) is 28.6 Å². The molecule has 0 radical (unpaired) electrons. The van der Waals surface area contributed by atoms with Crippen LogP contribution in [0.2, 0.25) is 0 Å². The van der Waals surface area contributed by atoms with E-state index in [1.807, 2.05) is 0 Å².